The lowest BCUT2D eigenvalue weighted by atomic mass is 9.92. The van der Waals surface area contributed by atoms with Crippen LogP contribution in [-0.2, 0) is 4.74 Å². The highest BCUT2D eigenvalue weighted by molar-refractivity contribution is 6.38. The average Bonchev–Trinajstić information content (AvgIpc) is 3.08. The van der Waals surface area contributed by atoms with Crippen molar-refractivity contribution in [2.75, 3.05) is 6.61 Å². The fourth-order valence-electron chi connectivity index (χ4n) is 3.39. The molecule has 27 heavy (non-hydrogen) atoms. The molecule has 1 fully saturated rings. The van der Waals surface area contributed by atoms with Gasteiger partial charge in [0.2, 0.25) is 0 Å². The van der Waals surface area contributed by atoms with Gasteiger partial charge in [0, 0.05) is 17.0 Å². The van der Waals surface area contributed by atoms with Crippen LogP contribution in [-0.4, -0.2) is 50.2 Å². The second-order valence-electron chi connectivity index (χ2n) is 6.65. The van der Waals surface area contributed by atoms with E-state index in [1.165, 1.54) is 0 Å². The summed E-state index contributed by atoms with van der Waals surface area (Å²) in [7, 11) is 0. The van der Waals surface area contributed by atoms with Gasteiger partial charge < -0.3 is 25.0 Å². The van der Waals surface area contributed by atoms with Crippen LogP contribution < -0.4 is 0 Å². The summed E-state index contributed by atoms with van der Waals surface area (Å²) in [6, 6.07) is 10.7. The predicted molar refractivity (Wildman–Crippen MR) is 103 cm³/mol. The molecule has 0 aliphatic carbocycles. The molecule has 1 aromatic heterocycles. The molecule has 6 nitrogen and oxygen atoms in total. The summed E-state index contributed by atoms with van der Waals surface area (Å²) in [5.41, 5.74) is 2.79. The van der Waals surface area contributed by atoms with Gasteiger partial charge in [-0.25, -0.2) is 4.98 Å². The van der Waals surface area contributed by atoms with Crippen LogP contribution in [0, 0.1) is 0 Å². The summed E-state index contributed by atoms with van der Waals surface area (Å²) in [5, 5.41) is 30.7. The second kappa shape index (κ2) is 7.39. The molecule has 0 amide bonds. The molecular weight excluding hydrogens is 391 g/mol. The van der Waals surface area contributed by atoms with E-state index >= 15 is 0 Å². The van der Waals surface area contributed by atoms with Crippen LogP contribution >= 0.6 is 23.2 Å². The molecule has 2 heterocycles. The van der Waals surface area contributed by atoms with Crippen molar-refractivity contribution in [3.8, 4) is 11.4 Å². The van der Waals surface area contributed by atoms with Crippen molar-refractivity contribution in [2.45, 2.75) is 30.8 Å². The van der Waals surface area contributed by atoms with Crippen LogP contribution in [0.2, 0.25) is 10.0 Å². The minimum Gasteiger partial charge on any atom is -0.394 e. The zero-order chi connectivity index (χ0) is 19.1. The van der Waals surface area contributed by atoms with Crippen molar-refractivity contribution in [3.05, 3.63) is 52.0 Å². The minimum absolute atomic E-state index is 0.191. The van der Waals surface area contributed by atoms with Gasteiger partial charge in [0.25, 0.3) is 0 Å². The maximum Gasteiger partial charge on any atom is 0.138 e. The lowest BCUT2D eigenvalue weighted by Gasteiger charge is -2.36. The van der Waals surface area contributed by atoms with Crippen LogP contribution in [0.15, 0.2) is 36.4 Å². The van der Waals surface area contributed by atoms with E-state index in [-0.39, 0.29) is 13.0 Å². The number of H-pyrrole nitrogens is 1. The van der Waals surface area contributed by atoms with E-state index in [2.05, 4.69) is 9.97 Å². The van der Waals surface area contributed by atoms with Crippen LogP contribution in [0.3, 0.4) is 0 Å². The molecular formula is C19H18Cl2N2O4. The number of imidazole rings is 1. The van der Waals surface area contributed by atoms with E-state index in [1.54, 1.807) is 18.2 Å². The molecule has 4 rings (SSSR count). The Labute approximate surface area is 165 Å². The Kier molecular flexibility index (Phi) is 5.11. The zero-order valence-electron chi connectivity index (χ0n) is 14.1. The first-order chi connectivity index (χ1) is 13.0. The van der Waals surface area contributed by atoms with E-state index in [4.69, 9.17) is 27.9 Å². The fourth-order valence-corrected chi connectivity index (χ4v) is 3.92. The number of halogens is 2. The Balaban J connectivity index is 1.71. The van der Waals surface area contributed by atoms with Crippen molar-refractivity contribution in [3.63, 3.8) is 0 Å². The maximum absolute atomic E-state index is 10.3. The Bertz CT molecular complexity index is 977. The standard InChI is InChI=1S/C19H18Cl2N2O4/c20-11-5-13(21)16-14(6-11)22-19(23-16)10-3-1-2-9(4-10)18-17(26)15(25)7-12(8-24)27-18/h1-6,12,15,17-18,24-26H,7-8H2,(H,22,23)/t12?,15?,17?,18-/m1/s1. The molecule has 0 bridgehead atoms. The number of nitrogens with zero attached hydrogens (tertiary/aromatic N) is 1. The lowest BCUT2D eigenvalue weighted by Crippen LogP contribution is -2.44. The van der Waals surface area contributed by atoms with E-state index in [1.807, 2.05) is 18.2 Å². The third-order valence-electron chi connectivity index (χ3n) is 4.74. The largest absolute Gasteiger partial charge is 0.394 e. The van der Waals surface area contributed by atoms with Crippen molar-refractivity contribution in [1.82, 2.24) is 9.97 Å². The number of ether oxygens (including phenoxy) is 1. The number of aromatic amines is 1. The van der Waals surface area contributed by atoms with Gasteiger partial charge in [0.15, 0.2) is 0 Å². The fraction of sp³-hybridized carbons (Fsp3) is 0.316. The molecule has 1 aliphatic heterocycles. The maximum atomic E-state index is 10.3. The highest BCUT2D eigenvalue weighted by Crippen LogP contribution is 2.34. The molecule has 4 atom stereocenters. The highest BCUT2D eigenvalue weighted by Gasteiger charge is 2.37. The lowest BCUT2D eigenvalue weighted by molar-refractivity contribution is -0.179. The summed E-state index contributed by atoms with van der Waals surface area (Å²) in [5.74, 6) is 0.598. The molecule has 1 aliphatic rings. The number of aromatic nitrogens is 2. The third-order valence-corrected chi connectivity index (χ3v) is 5.25. The van der Waals surface area contributed by atoms with Gasteiger partial charge in [-0.1, -0.05) is 41.4 Å². The number of benzene rings is 2. The van der Waals surface area contributed by atoms with Gasteiger partial charge in [-0.15, -0.1) is 0 Å². The van der Waals surface area contributed by atoms with Gasteiger partial charge >= 0.3 is 0 Å². The first kappa shape index (κ1) is 18.7. The molecule has 1 saturated heterocycles. The molecule has 0 radical (unpaired) electrons. The Morgan fingerprint density at radius 1 is 1.19 bits per heavy atom. The van der Waals surface area contributed by atoms with Crippen LogP contribution in [0.4, 0.5) is 0 Å². The number of fused-ring (bicyclic) bond motifs is 1. The normalized spacial score (nSPS) is 25.8. The van der Waals surface area contributed by atoms with Crippen molar-refractivity contribution < 1.29 is 20.1 Å². The smallest absolute Gasteiger partial charge is 0.138 e. The van der Waals surface area contributed by atoms with Gasteiger partial charge in [-0.2, -0.15) is 0 Å². The van der Waals surface area contributed by atoms with Crippen LogP contribution in [0.25, 0.3) is 22.4 Å². The number of rotatable bonds is 3. The zero-order valence-corrected chi connectivity index (χ0v) is 15.7. The van der Waals surface area contributed by atoms with E-state index < -0.39 is 24.4 Å². The van der Waals surface area contributed by atoms with E-state index in [9.17, 15) is 15.3 Å². The number of hydrogen-bond donors (Lipinski definition) is 4. The number of aliphatic hydroxyl groups is 3. The summed E-state index contributed by atoms with van der Waals surface area (Å²) in [6.45, 7) is -0.219. The monoisotopic (exact) mass is 408 g/mol. The molecule has 0 spiro atoms. The molecule has 0 saturated carbocycles. The third kappa shape index (κ3) is 3.57. The van der Waals surface area contributed by atoms with Gasteiger partial charge in [-0.3, -0.25) is 0 Å². The summed E-state index contributed by atoms with van der Waals surface area (Å²) < 4.78 is 5.76. The SMILES string of the molecule is OCC1CC(O)C(O)[C@@H](c2cccc(-c3nc4c(Cl)cc(Cl)cc4[nH]3)c2)O1. The summed E-state index contributed by atoms with van der Waals surface area (Å²) in [4.78, 5) is 7.73. The number of aliphatic hydroxyl groups excluding tert-OH is 3. The van der Waals surface area contributed by atoms with Crippen molar-refractivity contribution in [1.29, 1.82) is 0 Å². The van der Waals surface area contributed by atoms with Gasteiger partial charge in [0.1, 0.15) is 23.5 Å². The summed E-state index contributed by atoms with van der Waals surface area (Å²) in [6.07, 6.45) is -3.11. The quantitative estimate of drug-likeness (QED) is 0.533. The van der Waals surface area contributed by atoms with Crippen molar-refractivity contribution in [2.24, 2.45) is 0 Å². The molecule has 8 heteroatoms. The van der Waals surface area contributed by atoms with Crippen molar-refractivity contribution >= 4 is 34.2 Å². The van der Waals surface area contributed by atoms with Crippen LogP contribution in [0.5, 0.6) is 0 Å². The molecule has 4 N–H and O–H groups in total. The minimum atomic E-state index is -1.08. The highest BCUT2D eigenvalue weighted by atomic mass is 35.5. The second-order valence-corrected chi connectivity index (χ2v) is 7.49. The van der Waals surface area contributed by atoms with E-state index in [0.29, 0.717) is 26.9 Å². The molecule has 3 unspecified atom stereocenters. The molecule has 142 valence electrons. The van der Waals surface area contributed by atoms with Gasteiger partial charge in [0.05, 0.1) is 29.4 Å². The molecule has 2 aromatic carbocycles. The topological polar surface area (TPSA) is 98.6 Å². The average molecular weight is 409 g/mol. The Hall–Kier alpha value is -1.67. The number of nitrogens with one attached hydrogen (secondary N) is 1. The van der Waals surface area contributed by atoms with Crippen LogP contribution in [0.1, 0.15) is 18.1 Å². The number of hydrogen-bond acceptors (Lipinski definition) is 5. The first-order valence-electron chi connectivity index (χ1n) is 8.54. The predicted octanol–water partition coefficient (Wildman–Crippen LogP) is 3.08. The first-order valence-corrected chi connectivity index (χ1v) is 9.29. The summed E-state index contributed by atoms with van der Waals surface area (Å²) >= 11 is 12.3. The van der Waals surface area contributed by atoms with Gasteiger partial charge in [-0.05, 0) is 23.8 Å². The Morgan fingerprint density at radius 3 is 2.78 bits per heavy atom. The molecule has 3 aromatic rings. The Morgan fingerprint density at radius 2 is 2.00 bits per heavy atom. The van der Waals surface area contributed by atoms with E-state index in [0.717, 1.165) is 11.1 Å².